The number of unbranched alkanes of at least 4 members (excludes halogenated alkanes) is 1. The first kappa shape index (κ1) is 24.9. The van der Waals surface area contributed by atoms with E-state index < -0.39 is 11.9 Å². The predicted molar refractivity (Wildman–Crippen MR) is 139 cm³/mol. The average Bonchev–Trinajstić information content (AvgIpc) is 2.88. The van der Waals surface area contributed by atoms with Gasteiger partial charge in [-0.15, -0.1) is 0 Å². The highest BCUT2D eigenvalue weighted by molar-refractivity contribution is 6.30. The van der Waals surface area contributed by atoms with Crippen LogP contribution in [0, 0.1) is 11.3 Å². The zero-order valence-corrected chi connectivity index (χ0v) is 20.5. The Hall–Kier alpha value is -4.21. The lowest BCUT2D eigenvalue weighted by atomic mass is 9.83. The molecule has 0 bridgehead atoms. The van der Waals surface area contributed by atoms with Gasteiger partial charge in [0.05, 0.1) is 12.5 Å². The van der Waals surface area contributed by atoms with Gasteiger partial charge in [-0.3, -0.25) is 0 Å². The zero-order valence-electron chi connectivity index (χ0n) is 19.7. The smallest absolute Gasteiger partial charge is 0.336 e. The molecule has 6 nitrogen and oxygen atoms in total. The number of nitrogens with zero attached hydrogens (tertiary/aromatic N) is 1. The Morgan fingerprint density at radius 2 is 1.92 bits per heavy atom. The number of fused-ring (bicyclic) bond motifs is 1. The molecule has 0 spiro atoms. The van der Waals surface area contributed by atoms with Crippen molar-refractivity contribution in [1.82, 2.24) is 0 Å². The molecule has 36 heavy (non-hydrogen) atoms. The maximum atomic E-state index is 12.4. The third-order valence-electron chi connectivity index (χ3n) is 5.68. The van der Waals surface area contributed by atoms with E-state index >= 15 is 0 Å². The van der Waals surface area contributed by atoms with Crippen molar-refractivity contribution in [2.24, 2.45) is 5.73 Å². The number of carbonyl (C=O) groups excluding carboxylic acids is 1. The lowest BCUT2D eigenvalue weighted by molar-refractivity contribution is -0.128. The zero-order chi connectivity index (χ0) is 25.5. The highest BCUT2D eigenvalue weighted by Crippen LogP contribution is 2.45. The van der Waals surface area contributed by atoms with Crippen LogP contribution in [0.3, 0.4) is 0 Å². The van der Waals surface area contributed by atoms with E-state index in [0.29, 0.717) is 34.5 Å². The summed E-state index contributed by atoms with van der Waals surface area (Å²) >= 11 is 5.89. The van der Waals surface area contributed by atoms with E-state index in [1.807, 2.05) is 24.3 Å². The van der Waals surface area contributed by atoms with E-state index in [-0.39, 0.29) is 5.88 Å². The van der Waals surface area contributed by atoms with E-state index in [1.54, 1.807) is 48.5 Å². The second kappa shape index (κ2) is 11.5. The fourth-order valence-corrected chi connectivity index (χ4v) is 4.01. The molecule has 1 heterocycles. The summed E-state index contributed by atoms with van der Waals surface area (Å²) in [5, 5.41) is 10.5. The molecule has 1 unspecified atom stereocenters. The first-order valence-electron chi connectivity index (χ1n) is 11.6. The summed E-state index contributed by atoms with van der Waals surface area (Å²) in [6.07, 6.45) is 4.90. The Morgan fingerprint density at radius 3 is 2.67 bits per heavy atom. The largest absolute Gasteiger partial charge is 0.493 e. The van der Waals surface area contributed by atoms with E-state index in [0.717, 1.165) is 29.5 Å². The van der Waals surface area contributed by atoms with Crippen LogP contribution in [-0.2, 0) is 4.79 Å². The Labute approximate surface area is 215 Å². The van der Waals surface area contributed by atoms with Crippen LogP contribution in [0.15, 0.2) is 84.3 Å². The van der Waals surface area contributed by atoms with Crippen LogP contribution in [0.2, 0.25) is 5.02 Å². The van der Waals surface area contributed by atoms with Gasteiger partial charge in [0, 0.05) is 28.3 Å². The molecule has 0 aliphatic carbocycles. The molecular formula is C29H25ClN2O4. The molecule has 0 amide bonds. The van der Waals surface area contributed by atoms with Gasteiger partial charge in [-0.1, -0.05) is 61.3 Å². The lowest BCUT2D eigenvalue weighted by Gasteiger charge is -2.28. The predicted octanol–water partition coefficient (Wildman–Crippen LogP) is 6.36. The molecule has 0 radical (unpaired) electrons. The van der Waals surface area contributed by atoms with Crippen LogP contribution >= 0.6 is 11.6 Å². The van der Waals surface area contributed by atoms with Crippen LogP contribution in [0.4, 0.5) is 0 Å². The van der Waals surface area contributed by atoms with Gasteiger partial charge < -0.3 is 19.9 Å². The summed E-state index contributed by atoms with van der Waals surface area (Å²) in [5.41, 5.74) is 8.79. The van der Waals surface area contributed by atoms with Crippen molar-refractivity contribution < 1.29 is 19.0 Å². The van der Waals surface area contributed by atoms with Crippen LogP contribution < -0.4 is 19.9 Å². The number of halogens is 1. The van der Waals surface area contributed by atoms with Gasteiger partial charge in [-0.2, -0.15) is 5.26 Å². The normalized spacial score (nSPS) is 14.6. The molecule has 4 rings (SSSR count). The van der Waals surface area contributed by atoms with Gasteiger partial charge >= 0.3 is 5.97 Å². The lowest BCUT2D eigenvalue weighted by Crippen LogP contribution is -2.21. The maximum Gasteiger partial charge on any atom is 0.336 e. The van der Waals surface area contributed by atoms with Crippen LogP contribution in [0.5, 0.6) is 17.2 Å². The topological polar surface area (TPSA) is 94.6 Å². The minimum absolute atomic E-state index is 0.00414. The fourth-order valence-electron chi connectivity index (χ4n) is 3.88. The summed E-state index contributed by atoms with van der Waals surface area (Å²) in [6, 6.07) is 21.9. The Kier molecular flexibility index (Phi) is 7.94. The first-order chi connectivity index (χ1) is 17.5. The minimum atomic E-state index is -0.548. The van der Waals surface area contributed by atoms with E-state index in [1.165, 1.54) is 6.08 Å². The van der Waals surface area contributed by atoms with Gasteiger partial charge in [0.2, 0.25) is 5.88 Å². The number of hydrogen-bond donors (Lipinski definition) is 1. The molecule has 1 aliphatic rings. The summed E-state index contributed by atoms with van der Waals surface area (Å²) < 4.78 is 17.2. The number of ether oxygens (including phenoxy) is 3. The van der Waals surface area contributed by atoms with Crippen molar-refractivity contribution in [3.63, 3.8) is 0 Å². The minimum Gasteiger partial charge on any atom is -0.493 e. The number of benzene rings is 3. The molecular weight excluding hydrogens is 476 g/mol. The quantitative estimate of drug-likeness (QED) is 0.167. The summed E-state index contributed by atoms with van der Waals surface area (Å²) in [7, 11) is 0. The van der Waals surface area contributed by atoms with Gasteiger partial charge in [0.25, 0.3) is 0 Å². The van der Waals surface area contributed by atoms with Crippen LogP contribution in [0.25, 0.3) is 6.08 Å². The number of hydrogen-bond acceptors (Lipinski definition) is 6. The van der Waals surface area contributed by atoms with E-state index in [2.05, 4.69) is 13.0 Å². The summed E-state index contributed by atoms with van der Waals surface area (Å²) in [4.78, 5) is 12.4. The average molecular weight is 501 g/mol. The fraction of sp³-hybridized carbons (Fsp3) is 0.172. The summed E-state index contributed by atoms with van der Waals surface area (Å²) in [6.45, 7) is 2.67. The Balaban J connectivity index is 1.60. The van der Waals surface area contributed by atoms with E-state index in [4.69, 9.17) is 31.5 Å². The summed E-state index contributed by atoms with van der Waals surface area (Å²) in [5.74, 6) is 0.363. The highest BCUT2D eigenvalue weighted by atomic mass is 35.5. The molecule has 182 valence electrons. The number of allylic oxidation sites excluding steroid dienone is 1. The van der Waals surface area contributed by atoms with Gasteiger partial charge in [-0.25, -0.2) is 4.79 Å². The number of carbonyl (C=O) groups is 1. The molecule has 3 aromatic carbocycles. The number of nitrogens with two attached hydrogens (primary N) is 1. The standard InChI is InChI=1S/C29H25ClN2O4/c1-2-3-16-34-25-7-5-4-6-22(25)28-23-14-13-21(17-26(23)36-29(32)24(28)18-31)35-27(33)15-10-19-8-11-20(30)12-9-19/h4-15,17,28H,2-3,16,32H2,1H3/b15-10+. The van der Waals surface area contributed by atoms with E-state index in [9.17, 15) is 10.1 Å². The molecule has 0 aromatic heterocycles. The number of para-hydroxylation sites is 1. The molecule has 7 heteroatoms. The SMILES string of the molecule is CCCCOc1ccccc1C1C(C#N)=C(N)Oc2cc(OC(=O)/C=C/c3ccc(Cl)cc3)ccc21. The molecule has 1 atom stereocenters. The van der Waals surface area contributed by atoms with Crippen molar-refractivity contribution in [3.05, 3.63) is 106 Å². The van der Waals surface area contributed by atoms with Crippen molar-refractivity contribution in [3.8, 4) is 23.3 Å². The van der Waals surface area contributed by atoms with Gasteiger partial charge in [-0.05, 0) is 42.3 Å². The van der Waals surface area contributed by atoms with Gasteiger partial charge in [0.15, 0.2) is 0 Å². The number of esters is 1. The van der Waals surface area contributed by atoms with Gasteiger partial charge in [0.1, 0.15) is 28.9 Å². The number of rotatable bonds is 8. The molecule has 0 saturated heterocycles. The maximum absolute atomic E-state index is 12.4. The molecule has 2 N–H and O–H groups in total. The molecule has 0 saturated carbocycles. The van der Waals surface area contributed by atoms with Crippen molar-refractivity contribution >= 4 is 23.6 Å². The monoisotopic (exact) mass is 500 g/mol. The second-order valence-corrected chi connectivity index (χ2v) is 8.61. The molecule has 1 aliphatic heterocycles. The van der Waals surface area contributed by atoms with Crippen molar-refractivity contribution in [1.29, 1.82) is 5.26 Å². The van der Waals surface area contributed by atoms with Crippen LogP contribution in [-0.4, -0.2) is 12.6 Å². The second-order valence-electron chi connectivity index (χ2n) is 8.17. The van der Waals surface area contributed by atoms with Crippen molar-refractivity contribution in [2.45, 2.75) is 25.7 Å². The Bertz CT molecular complexity index is 1360. The number of nitriles is 1. The Morgan fingerprint density at radius 1 is 1.14 bits per heavy atom. The van der Waals surface area contributed by atoms with Crippen LogP contribution in [0.1, 0.15) is 42.4 Å². The third kappa shape index (κ3) is 5.70. The highest BCUT2D eigenvalue weighted by Gasteiger charge is 2.32. The molecule has 0 fully saturated rings. The third-order valence-corrected chi connectivity index (χ3v) is 5.93. The van der Waals surface area contributed by atoms with Crippen molar-refractivity contribution in [2.75, 3.05) is 6.61 Å². The molecule has 3 aromatic rings. The first-order valence-corrected chi connectivity index (χ1v) is 12.0.